The average Bonchev–Trinajstić information content (AvgIpc) is 3.02. The van der Waals surface area contributed by atoms with Crippen LogP contribution in [0.25, 0.3) is 0 Å². The summed E-state index contributed by atoms with van der Waals surface area (Å²) >= 11 is 6.36. The molecule has 5 nitrogen and oxygen atoms in total. The van der Waals surface area contributed by atoms with Crippen LogP contribution in [0.4, 0.5) is 5.69 Å². The predicted molar refractivity (Wildman–Crippen MR) is 127 cm³/mol. The van der Waals surface area contributed by atoms with Crippen LogP contribution in [0.1, 0.15) is 45.2 Å². The Bertz CT molecular complexity index is 963. The van der Waals surface area contributed by atoms with Gasteiger partial charge in [0.25, 0.3) is 5.91 Å². The van der Waals surface area contributed by atoms with Crippen molar-refractivity contribution in [1.82, 2.24) is 4.90 Å². The molecule has 7 heteroatoms. The third kappa shape index (κ3) is 4.32. The number of fused-ring (bicyclic) bond motifs is 1. The molecule has 0 spiro atoms. The molecular formula is C23H28N2O3S2. The summed E-state index contributed by atoms with van der Waals surface area (Å²) in [5.41, 5.74) is 4.64. The van der Waals surface area contributed by atoms with Gasteiger partial charge in [0.2, 0.25) is 0 Å². The first kappa shape index (κ1) is 22.6. The number of hydrogen-bond acceptors (Lipinski definition) is 5. The van der Waals surface area contributed by atoms with Gasteiger partial charge in [0.05, 0.1) is 4.91 Å². The molecule has 2 aliphatic rings. The molecule has 2 aliphatic heterocycles. The smallest absolute Gasteiger partial charge is 0.323 e. The summed E-state index contributed by atoms with van der Waals surface area (Å²) in [6.45, 7) is 11.4. The number of rotatable bonds is 6. The summed E-state index contributed by atoms with van der Waals surface area (Å²) in [7, 11) is 0. The molecule has 1 amide bonds. The van der Waals surface area contributed by atoms with Crippen molar-refractivity contribution in [1.29, 1.82) is 0 Å². The Morgan fingerprint density at radius 1 is 1.27 bits per heavy atom. The van der Waals surface area contributed by atoms with Gasteiger partial charge in [-0.25, -0.2) is 0 Å². The van der Waals surface area contributed by atoms with E-state index in [0.717, 1.165) is 35.3 Å². The Hall–Kier alpha value is -2.12. The van der Waals surface area contributed by atoms with E-state index in [0.29, 0.717) is 10.8 Å². The van der Waals surface area contributed by atoms with Crippen molar-refractivity contribution < 1.29 is 14.7 Å². The molecule has 1 saturated heterocycles. The van der Waals surface area contributed by atoms with Crippen LogP contribution in [0, 0.1) is 12.8 Å². The van der Waals surface area contributed by atoms with Crippen molar-refractivity contribution in [2.75, 3.05) is 18.0 Å². The number of amides is 1. The number of allylic oxidation sites excluding steroid dienone is 3. The maximum Gasteiger partial charge on any atom is 0.323 e. The molecule has 30 heavy (non-hydrogen) atoms. The van der Waals surface area contributed by atoms with Gasteiger partial charge in [-0.15, -0.1) is 0 Å². The van der Waals surface area contributed by atoms with Crippen molar-refractivity contribution in [2.45, 2.75) is 46.5 Å². The minimum absolute atomic E-state index is 0.205. The maximum absolute atomic E-state index is 12.6. The van der Waals surface area contributed by atoms with Crippen LogP contribution in [-0.4, -0.2) is 39.3 Å². The number of nitrogens with zero attached hydrogens (tertiary/aromatic N) is 2. The molecule has 0 aromatic heterocycles. The fourth-order valence-electron chi connectivity index (χ4n) is 3.86. The number of carboxylic acid groups (broad SMARTS) is 1. The summed E-state index contributed by atoms with van der Waals surface area (Å²) in [4.78, 5) is 27.6. The number of aryl methyl sites for hydroxylation is 1. The van der Waals surface area contributed by atoms with Crippen LogP contribution in [0.15, 0.2) is 41.0 Å². The molecule has 1 aromatic rings. The van der Waals surface area contributed by atoms with Crippen LogP contribution in [0.5, 0.6) is 0 Å². The van der Waals surface area contributed by atoms with Gasteiger partial charge in [0.15, 0.2) is 0 Å². The fraction of sp³-hybridized carbons (Fsp3) is 0.435. The molecule has 160 valence electrons. The van der Waals surface area contributed by atoms with E-state index in [4.69, 9.17) is 17.3 Å². The van der Waals surface area contributed by atoms with E-state index in [-0.39, 0.29) is 15.6 Å². The molecule has 0 saturated carbocycles. The lowest BCUT2D eigenvalue weighted by Crippen LogP contribution is -2.33. The van der Waals surface area contributed by atoms with Gasteiger partial charge in [0.1, 0.15) is 10.9 Å². The van der Waals surface area contributed by atoms with Crippen LogP contribution in [-0.2, 0) is 15.0 Å². The van der Waals surface area contributed by atoms with E-state index in [1.165, 1.54) is 16.8 Å². The molecule has 2 heterocycles. The number of hydrogen-bond donors (Lipinski definition) is 1. The van der Waals surface area contributed by atoms with Gasteiger partial charge >= 0.3 is 5.97 Å². The summed E-state index contributed by atoms with van der Waals surface area (Å²) in [6.07, 6.45) is 4.85. The monoisotopic (exact) mass is 444 g/mol. The maximum atomic E-state index is 12.6. The Labute approximate surface area is 187 Å². The summed E-state index contributed by atoms with van der Waals surface area (Å²) in [5.74, 6) is -0.841. The molecule has 0 unspecified atom stereocenters. The highest BCUT2D eigenvalue weighted by Gasteiger charge is 2.40. The highest BCUT2D eigenvalue weighted by Crippen LogP contribution is 2.48. The zero-order chi connectivity index (χ0) is 22.2. The SMILES string of the molecule is Cc1ccc2c(c1)C(C)(C)/C(=C/C=C1/SC(=S)N(CC(=O)O)C1=O)N2CCC(C)C. The molecule has 3 rings (SSSR count). The first-order valence-electron chi connectivity index (χ1n) is 10.1. The van der Waals surface area contributed by atoms with Gasteiger partial charge in [0, 0.05) is 23.3 Å². The Balaban J connectivity index is 1.99. The number of thiocarbonyl (C=S) groups is 1. The topological polar surface area (TPSA) is 60.9 Å². The molecule has 0 radical (unpaired) electrons. The lowest BCUT2D eigenvalue weighted by molar-refractivity contribution is -0.140. The Morgan fingerprint density at radius 2 is 1.97 bits per heavy atom. The first-order valence-corrected chi connectivity index (χ1v) is 11.3. The second-order valence-corrected chi connectivity index (χ2v) is 10.4. The van der Waals surface area contributed by atoms with Crippen molar-refractivity contribution in [3.63, 3.8) is 0 Å². The van der Waals surface area contributed by atoms with Crippen molar-refractivity contribution in [3.05, 3.63) is 52.1 Å². The van der Waals surface area contributed by atoms with Crippen molar-refractivity contribution in [2.24, 2.45) is 5.92 Å². The van der Waals surface area contributed by atoms with E-state index in [1.54, 1.807) is 6.08 Å². The summed E-state index contributed by atoms with van der Waals surface area (Å²) < 4.78 is 0.285. The second kappa shape index (κ2) is 8.55. The number of thioether (sulfide) groups is 1. The first-order chi connectivity index (χ1) is 14.0. The van der Waals surface area contributed by atoms with Gasteiger partial charge in [-0.3, -0.25) is 14.5 Å². The molecule has 1 fully saturated rings. The number of carboxylic acids is 1. The Morgan fingerprint density at radius 3 is 2.60 bits per heavy atom. The Kier molecular flexibility index (Phi) is 6.43. The number of aliphatic carboxylic acids is 1. The van der Waals surface area contributed by atoms with Crippen molar-refractivity contribution in [3.8, 4) is 0 Å². The van der Waals surface area contributed by atoms with Crippen LogP contribution in [0.2, 0.25) is 0 Å². The standard InChI is InChI=1S/C23H28N2O3S2/c1-14(2)10-11-24-17-7-6-15(3)12-16(17)23(4,5)19(24)9-8-18-21(28)25(13-20(26)27)22(29)30-18/h6-9,12,14H,10-11,13H2,1-5H3,(H,26,27)/b18-8+,19-9-. The largest absolute Gasteiger partial charge is 0.480 e. The van der Waals surface area contributed by atoms with E-state index in [1.807, 2.05) is 6.08 Å². The highest BCUT2D eigenvalue weighted by molar-refractivity contribution is 8.26. The predicted octanol–water partition coefficient (Wildman–Crippen LogP) is 4.85. The fourth-order valence-corrected chi connectivity index (χ4v) is 5.05. The summed E-state index contributed by atoms with van der Waals surface area (Å²) in [6, 6.07) is 6.56. The molecule has 0 aliphatic carbocycles. The van der Waals surface area contributed by atoms with E-state index >= 15 is 0 Å². The van der Waals surface area contributed by atoms with Crippen LogP contribution in [0.3, 0.4) is 0 Å². The molecule has 1 aromatic carbocycles. The third-order valence-corrected chi connectivity index (χ3v) is 6.93. The molecular weight excluding hydrogens is 416 g/mol. The van der Waals surface area contributed by atoms with Gasteiger partial charge < -0.3 is 10.0 Å². The molecule has 0 atom stereocenters. The summed E-state index contributed by atoms with van der Waals surface area (Å²) in [5, 5.41) is 9.03. The number of carbonyl (C=O) groups excluding carboxylic acids is 1. The van der Waals surface area contributed by atoms with Crippen LogP contribution < -0.4 is 4.90 Å². The zero-order valence-corrected chi connectivity index (χ0v) is 19.7. The molecule has 1 N–H and O–H groups in total. The lowest BCUT2D eigenvalue weighted by atomic mass is 9.83. The van der Waals surface area contributed by atoms with Gasteiger partial charge in [-0.1, -0.05) is 69.4 Å². The van der Waals surface area contributed by atoms with E-state index < -0.39 is 12.5 Å². The third-order valence-electron chi connectivity index (χ3n) is 5.54. The average molecular weight is 445 g/mol. The van der Waals surface area contributed by atoms with Crippen molar-refractivity contribution >= 4 is 45.9 Å². The highest BCUT2D eigenvalue weighted by atomic mass is 32.2. The number of anilines is 1. The van der Waals surface area contributed by atoms with Crippen LogP contribution >= 0.6 is 24.0 Å². The normalized spacial score (nSPS) is 20.7. The number of carbonyl (C=O) groups is 2. The zero-order valence-electron chi connectivity index (χ0n) is 18.1. The number of benzene rings is 1. The van der Waals surface area contributed by atoms with E-state index in [2.05, 4.69) is 57.7 Å². The second-order valence-electron chi connectivity index (χ2n) is 8.72. The minimum Gasteiger partial charge on any atom is -0.480 e. The van der Waals surface area contributed by atoms with Gasteiger partial charge in [-0.2, -0.15) is 0 Å². The van der Waals surface area contributed by atoms with Gasteiger partial charge in [-0.05, 0) is 43.0 Å². The lowest BCUT2D eigenvalue weighted by Gasteiger charge is -2.27. The van der Waals surface area contributed by atoms with E-state index in [9.17, 15) is 9.59 Å². The minimum atomic E-state index is -1.08. The quantitative estimate of drug-likeness (QED) is 0.500. The molecule has 0 bridgehead atoms.